The maximum absolute atomic E-state index is 12.8. The third kappa shape index (κ3) is 4.60. The van der Waals surface area contributed by atoms with Gasteiger partial charge < -0.3 is 9.64 Å². The Bertz CT molecular complexity index is 637. The maximum Gasteiger partial charge on any atom is 0.247 e. The second-order valence-corrected chi connectivity index (χ2v) is 6.24. The third-order valence-electron chi connectivity index (χ3n) is 4.62. The Morgan fingerprint density at radius 1 is 1.16 bits per heavy atom. The van der Waals surface area contributed by atoms with Gasteiger partial charge in [-0.05, 0) is 24.6 Å². The molecule has 0 aliphatic carbocycles. The Hall–Kier alpha value is -2.34. The van der Waals surface area contributed by atoms with E-state index < -0.39 is 0 Å². The lowest BCUT2D eigenvalue weighted by Gasteiger charge is -2.36. The Labute approximate surface area is 149 Å². The zero-order valence-electron chi connectivity index (χ0n) is 14.8. The quantitative estimate of drug-likeness (QED) is 0.773. The number of rotatable bonds is 7. The fraction of sp³-hybridized carbons (Fsp3) is 0.474. The first kappa shape index (κ1) is 17.5. The zero-order chi connectivity index (χ0) is 17.5. The van der Waals surface area contributed by atoms with Crippen molar-refractivity contribution in [3.8, 4) is 5.75 Å². The van der Waals surface area contributed by atoms with Crippen LogP contribution in [0.4, 0.5) is 0 Å². The summed E-state index contributed by atoms with van der Waals surface area (Å²) < 4.78 is 7.52. The molecule has 3 rings (SSSR count). The molecule has 134 valence electrons. The van der Waals surface area contributed by atoms with E-state index in [4.69, 9.17) is 4.74 Å². The number of para-hydroxylation sites is 1. The Morgan fingerprint density at radius 3 is 2.56 bits per heavy atom. The van der Waals surface area contributed by atoms with Crippen molar-refractivity contribution in [1.82, 2.24) is 19.6 Å². The summed E-state index contributed by atoms with van der Waals surface area (Å²) in [7, 11) is 0. The first-order chi connectivity index (χ1) is 12.3. The van der Waals surface area contributed by atoms with Gasteiger partial charge in [0.1, 0.15) is 18.4 Å². The van der Waals surface area contributed by atoms with Crippen LogP contribution in [0.15, 0.2) is 48.8 Å². The van der Waals surface area contributed by atoms with Crippen LogP contribution >= 0.6 is 0 Å². The molecule has 0 unspecified atom stereocenters. The third-order valence-corrected chi connectivity index (χ3v) is 4.62. The molecule has 25 heavy (non-hydrogen) atoms. The van der Waals surface area contributed by atoms with Crippen molar-refractivity contribution >= 4 is 5.91 Å². The summed E-state index contributed by atoms with van der Waals surface area (Å²) in [5.41, 5.74) is 0. The number of nitrogens with zero attached hydrogens (tertiary/aromatic N) is 4. The van der Waals surface area contributed by atoms with E-state index in [2.05, 4.69) is 10.00 Å². The van der Waals surface area contributed by atoms with Crippen molar-refractivity contribution in [2.75, 3.05) is 39.3 Å². The summed E-state index contributed by atoms with van der Waals surface area (Å²) >= 11 is 0. The summed E-state index contributed by atoms with van der Waals surface area (Å²) in [5.74, 6) is 1.08. The molecule has 1 aliphatic rings. The van der Waals surface area contributed by atoms with E-state index in [9.17, 15) is 4.79 Å². The number of hydrogen-bond donors (Lipinski definition) is 0. The second kappa shape index (κ2) is 8.67. The number of amides is 1. The summed E-state index contributed by atoms with van der Waals surface area (Å²) in [6.45, 7) is 6.89. The van der Waals surface area contributed by atoms with Crippen LogP contribution in [-0.2, 0) is 4.79 Å². The summed E-state index contributed by atoms with van der Waals surface area (Å²) in [6, 6.07) is 11.5. The van der Waals surface area contributed by atoms with Gasteiger partial charge in [0, 0.05) is 45.1 Å². The number of piperazine rings is 1. The number of aromatic nitrogens is 2. The highest BCUT2D eigenvalue weighted by atomic mass is 16.5. The van der Waals surface area contributed by atoms with Gasteiger partial charge in [0.05, 0.1) is 0 Å². The van der Waals surface area contributed by atoms with Crippen molar-refractivity contribution in [3.05, 3.63) is 48.8 Å². The standard InChI is InChI=1S/C19H26N4O2/c1-2-18(23-10-6-9-20-23)19(24)22-13-11-21(12-14-22)15-16-25-17-7-4-3-5-8-17/h3-10,18H,2,11-16H2,1H3/t18-/m1/s1. The molecule has 2 aromatic rings. The molecule has 0 radical (unpaired) electrons. The van der Waals surface area contributed by atoms with E-state index >= 15 is 0 Å². The number of ether oxygens (including phenoxy) is 1. The van der Waals surface area contributed by atoms with Crippen LogP contribution in [-0.4, -0.2) is 64.8 Å². The first-order valence-corrected chi connectivity index (χ1v) is 8.96. The lowest BCUT2D eigenvalue weighted by atomic mass is 10.2. The van der Waals surface area contributed by atoms with Crippen LogP contribution in [0.3, 0.4) is 0 Å². The zero-order valence-corrected chi connectivity index (χ0v) is 14.8. The molecule has 1 aliphatic heterocycles. The van der Waals surface area contributed by atoms with Crippen molar-refractivity contribution in [1.29, 1.82) is 0 Å². The molecule has 6 nitrogen and oxygen atoms in total. The number of carbonyl (C=O) groups excluding carboxylic acids is 1. The van der Waals surface area contributed by atoms with Gasteiger partial charge in [0.25, 0.3) is 0 Å². The van der Waals surface area contributed by atoms with Crippen LogP contribution < -0.4 is 4.74 Å². The summed E-state index contributed by atoms with van der Waals surface area (Å²) in [5, 5.41) is 4.23. The highest BCUT2D eigenvalue weighted by Gasteiger charge is 2.27. The molecule has 1 aromatic heterocycles. The molecule has 0 spiro atoms. The molecule has 1 saturated heterocycles. The van der Waals surface area contributed by atoms with Crippen LogP contribution in [0.25, 0.3) is 0 Å². The van der Waals surface area contributed by atoms with Crippen molar-refractivity contribution in [2.45, 2.75) is 19.4 Å². The predicted octanol–water partition coefficient (Wildman–Crippen LogP) is 2.06. The first-order valence-electron chi connectivity index (χ1n) is 8.96. The van der Waals surface area contributed by atoms with Gasteiger partial charge in [-0.25, -0.2) is 0 Å². The lowest BCUT2D eigenvalue weighted by molar-refractivity contribution is -0.137. The fourth-order valence-corrected chi connectivity index (χ4v) is 3.15. The molecular weight excluding hydrogens is 316 g/mol. The van der Waals surface area contributed by atoms with Gasteiger partial charge in [-0.2, -0.15) is 5.10 Å². The minimum Gasteiger partial charge on any atom is -0.492 e. The average Bonchev–Trinajstić information content (AvgIpc) is 3.18. The molecule has 0 N–H and O–H groups in total. The predicted molar refractivity (Wildman–Crippen MR) is 96.5 cm³/mol. The SMILES string of the molecule is CC[C@H](C(=O)N1CCN(CCOc2ccccc2)CC1)n1cccn1. The largest absolute Gasteiger partial charge is 0.492 e. The number of benzene rings is 1. The van der Waals surface area contributed by atoms with E-state index in [0.29, 0.717) is 6.61 Å². The van der Waals surface area contributed by atoms with Crippen molar-refractivity contribution < 1.29 is 9.53 Å². The number of hydrogen-bond acceptors (Lipinski definition) is 4. The van der Waals surface area contributed by atoms with E-state index in [1.807, 2.05) is 54.4 Å². The topological polar surface area (TPSA) is 50.6 Å². The van der Waals surface area contributed by atoms with Crippen LogP contribution in [0.5, 0.6) is 5.75 Å². The fourth-order valence-electron chi connectivity index (χ4n) is 3.15. The van der Waals surface area contributed by atoms with E-state index in [0.717, 1.165) is 44.9 Å². The molecule has 0 bridgehead atoms. The molecule has 0 saturated carbocycles. The van der Waals surface area contributed by atoms with Gasteiger partial charge >= 0.3 is 0 Å². The van der Waals surface area contributed by atoms with Crippen molar-refractivity contribution in [3.63, 3.8) is 0 Å². The molecular formula is C19H26N4O2. The highest BCUT2D eigenvalue weighted by molar-refractivity contribution is 5.80. The highest BCUT2D eigenvalue weighted by Crippen LogP contribution is 2.15. The van der Waals surface area contributed by atoms with Crippen LogP contribution in [0.2, 0.25) is 0 Å². The van der Waals surface area contributed by atoms with E-state index in [-0.39, 0.29) is 11.9 Å². The smallest absolute Gasteiger partial charge is 0.247 e. The Kier molecular flexibility index (Phi) is 6.06. The van der Waals surface area contributed by atoms with Crippen LogP contribution in [0.1, 0.15) is 19.4 Å². The van der Waals surface area contributed by atoms with Gasteiger partial charge in [-0.15, -0.1) is 0 Å². The normalized spacial score (nSPS) is 16.6. The summed E-state index contributed by atoms with van der Waals surface area (Å²) in [6.07, 6.45) is 4.34. The van der Waals surface area contributed by atoms with Gasteiger partial charge in [-0.1, -0.05) is 25.1 Å². The van der Waals surface area contributed by atoms with Crippen molar-refractivity contribution in [2.24, 2.45) is 0 Å². The molecule has 1 amide bonds. The molecule has 1 aromatic carbocycles. The van der Waals surface area contributed by atoms with Gasteiger partial charge in [0.15, 0.2) is 0 Å². The van der Waals surface area contributed by atoms with Crippen LogP contribution in [0, 0.1) is 0 Å². The Balaban J connectivity index is 1.43. The lowest BCUT2D eigenvalue weighted by Crippen LogP contribution is -2.51. The van der Waals surface area contributed by atoms with Gasteiger partial charge in [-0.3, -0.25) is 14.4 Å². The minimum atomic E-state index is -0.192. The molecule has 6 heteroatoms. The second-order valence-electron chi connectivity index (χ2n) is 6.24. The summed E-state index contributed by atoms with van der Waals surface area (Å²) in [4.78, 5) is 17.1. The average molecular weight is 342 g/mol. The molecule has 1 fully saturated rings. The monoisotopic (exact) mass is 342 g/mol. The number of carbonyl (C=O) groups is 1. The minimum absolute atomic E-state index is 0.173. The van der Waals surface area contributed by atoms with Gasteiger partial charge in [0.2, 0.25) is 5.91 Å². The Morgan fingerprint density at radius 2 is 1.92 bits per heavy atom. The molecule has 1 atom stereocenters. The van der Waals surface area contributed by atoms with E-state index in [1.165, 1.54) is 0 Å². The van der Waals surface area contributed by atoms with E-state index in [1.54, 1.807) is 10.9 Å². The maximum atomic E-state index is 12.8. The molecule has 2 heterocycles.